The van der Waals surface area contributed by atoms with Gasteiger partial charge in [0.1, 0.15) is 5.75 Å². The molecule has 2 rings (SSSR count). The first-order valence-corrected chi connectivity index (χ1v) is 8.85. The van der Waals surface area contributed by atoms with Crippen molar-refractivity contribution in [1.29, 1.82) is 0 Å². The molecule has 0 aliphatic heterocycles. The quantitative estimate of drug-likeness (QED) is 0.663. The van der Waals surface area contributed by atoms with Crippen LogP contribution in [0.4, 0.5) is 0 Å². The van der Waals surface area contributed by atoms with Gasteiger partial charge in [0.15, 0.2) is 6.61 Å². The maximum Gasteiger partial charge on any atom is 0.258 e. The number of benzene rings is 2. The van der Waals surface area contributed by atoms with Gasteiger partial charge >= 0.3 is 0 Å². The fraction of sp³-hybridized carbons (Fsp3) is 0.316. The normalized spacial score (nSPS) is 12.0. The van der Waals surface area contributed by atoms with Gasteiger partial charge in [0.25, 0.3) is 5.91 Å². The Morgan fingerprint density at radius 3 is 2.35 bits per heavy atom. The van der Waals surface area contributed by atoms with Crippen molar-refractivity contribution in [2.45, 2.75) is 26.3 Å². The fourth-order valence-electron chi connectivity index (χ4n) is 2.35. The maximum absolute atomic E-state index is 12.2. The predicted molar refractivity (Wildman–Crippen MR) is 101 cm³/mol. The second-order valence-electron chi connectivity index (χ2n) is 5.90. The Morgan fingerprint density at radius 1 is 1.09 bits per heavy atom. The van der Waals surface area contributed by atoms with Crippen molar-refractivity contribution in [3.05, 3.63) is 63.7 Å². The highest BCUT2D eigenvalue weighted by molar-refractivity contribution is 14.1. The van der Waals surface area contributed by atoms with Gasteiger partial charge in [-0.3, -0.25) is 4.79 Å². The lowest BCUT2D eigenvalue weighted by Crippen LogP contribution is -2.33. The Morgan fingerprint density at radius 2 is 1.74 bits per heavy atom. The number of ether oxygens (including phenoxy) is 1. The summed E-state index contributed by atoms with van der Waals surface area (Å²) < 4.78 is 6.69. The third-order valence-electron chi connectivity index (χ3n) is 3.43. The number of hydrogen-bond acceptors (Lipinski definition) is 2. The van der Waals surface area contributed by atoms with Crippen LogP contribution in [0.5, 0.6) is 5.75 Å². The highest BCUT2D eigenvalue weighted by Gasteiger charge is 2.16. The molecule has 0 aliphatic rings. The van der Waals surface area contributed by atoms with E-state index in [0.29, 0.717) is 11.7 Å². The lowest BCUT2D eigenvalue weighted by Gasteiger charge is -2.21. The molecule has 0 unspecified atom stereocenters. The van der Waals surface area contributed by atoms with Crippen LogP contribution < -0.4 is 10.1 Å². The van der Waals surface area contributed by atoms with Gasteiger partial charge in [0.05, 0.1) is 6.04 Å². The van der Waals surface area contributed by atoms with Crippen LogP contribution in [0.2, 0.25) is 0 Å². The number of halogens is 1. The zero-order valence-corrected chi connectivity index (χ0v) is 15.6. The van der Waals surface area contributed by atoms with Crippen LogP contribution in [0.3, 0.4) is 0 Å². The van der Waals surface area contributed by atoms with E-state index in [9.17, 15) is 4.79 Å². The molecule has 4 heteroatoms. The molecule has 3 nitrogen and oxygen atoms in total. The molecule has 23 heavy (non-hydrogen) atoms. The molecule has 0 radical (unpaired) electrons. The summed E-state index contributed by atoms with van der Waals surface area (Å²) in [5.74, 6) is 1.11. The molecule has 0 fully saturated rings. The summed E-state index contributed by atoms with van der Waals surface area (Å²) in [6.45, 7) is 4.34. The summed E-state index contributed by atoms with van der Waals surface area (Å²) in [7, 11) is 0. The van der Waals surface area contributed by atoms with E-state index < -0.39 is 0 Å². The molecule has 0 saturated heterocycles. The molecule has 122 valence electrons. The van der Waals surface area contributed by atoms with Gasteiger partial charge in [-0.25, -0.2) is 0 Å². The van der Waals surface area contributed by atoms with E-state index in [2.05, 4.69) is 41.8 Å². The predicted octanol–water partition coefficient (Wildman–Crippen LogP) is 4.57. The largest absolute Gasteiger partial charge is 0.484 e. The molecular weight excluding hydrogens is 401 g/mol. The van der Waals surface area contributed by atoms with Crippen molar-refractivity contribution in [3.8, 4) is 5.75 Å². The molecule has 0 aliphatic carbocycles. The monoisotopic (exact) mass is 423 g/mol. The van der Waals surface area contributed by atoms with Gasteiger partial charge in [-0.1, -0.05) is 44.2 Å². The van der Waals surface area contributed by atoms with Crippen LogP contribution in [-0.2, 0) is 4.79 Å². The number of carbonyl (C=O) groups excluding carboxylic acids is 1. The van der Waals surface area contributed by atoms with Crippen LogP contribution in [-0.4, -0.2) is 12.5 Å². The van der Waals surface area contributed by atoms with E-state index in [0.717, 1.165) is 15.6 Å². The van der Waals surface area contributed by atoms with Gasteiger partial charge in [-0.15, -0.1) is 0 Å². The first-order chi connectivity index (χ1) is 11.0. The first-order valence-electron chi connectivity index (χ1n) is 7.77. The molecule has 1 N–H and O–H groups in total. The van der Waals surface area contributed by atoms with E-state index in [1.807, 2.05) is 54.6 Å². The van der Waals surface area contributed by atoms with Gasteiger partial charge in [-0.05, 0) is 64.8 Å². The molecule has 0 bridgehead atoms. The van der Waals surface area contributed by atoms with Crippen molar-refractivity contribution in [2.75, 3.05) is 6.61 Å². The second-order valence-corrected chi connectivity index (χ2v) is 7.15. The minimum atomic E-state index is -0.0990. The average molecular weight is 423 g/mol. The molecule has 0 spiro atoms. The molecule has 2 aromatic carbocycles. The van der Waals surface area contributed by atoms with E-state index in [1.54, 1.807) is 0 Å². The van der Waals surface area contributed by atoms with Crippen molar-refractivity contribution < 1.29 is 9.53 Å². The third kappa shape index (κ3) is 6.22. The van der Waals surface area contributed by atoms with E-state index >= 15 is 0 Å². The van der Waals surface area contributed by atoms with E-state index in [-0.39, 0.29) is 18.6 Å². The van der Waals surface area contributed by atoms with E-state index in [1.165, 1.54) is 0 Å². The summed E-state index contributed by atoms with van der Waals surface area (Å²) in [4.78, 5) is 12.2. The standard InChI is InChI=1S/C19H22INO2/c1-14(2)12-18(15-6-4-3-5-7-15)21-19(22)13-23-17-10-8-16(20)9-11-17/h3-11,14,18H,12-13H2,1-2H3,(H,21,22)/t18-/m1/s1. The van der Waals surface area contributed by atoms with Crippen LogP contribution in [0.15, 0.2) is 54.6 Å². The smallest absolute Gasteiger partial charge is 0.258 e. The number of nitrogens with one attached hydrogen (secondary N) is 1. The molecule has 1 amide bonds. The number of hydrogen-bond donors (Lipinski definition) is 1. The Bertz CT molecular complexity index is 611. The summed E-state index contributed by atoms with van der Waals surface area (Å²) in [5.41, 5.74) is 1.13. The lowest BCUT2D eigenvalue weighted by atomic mass is 9.97. The number of rotatable bonds is 7. The van der Waals surface area contributed by atoms with Gasteiger partial charge in [-0.2, -0.15) is 0 Å². The fourth-order valence-corrected chi connectivity index (χ4v) is 2.71. The van der Waals surface area contributed by atoms with Crippen LogP contribution >= 0.6 is 22.6 Å². The van der Waals surface area contributed by atoms with Crippen LogP contribution in [0.25, 0.3) is 0 Å². The lowest BCUT2D eigenvalue weighted by molar-refractivity contribution is -0.124. The van der Waals surface area contributed by atoms with Crippen molar-refractivity contribution in [3.63, 3.8) is 0 Å². The topological polar surface area (TPSA) is 38.3 Å². The van der Waals surface area contributed by atoms with Crippen LogP contribution in [0.1, 0.15) is 31.9 Å². The molecule has 0 saturated carbocycles. The Hall–Kier alpha value is -1.56. The summed E-state index contributed by atoms with van der Waals surface area (Å²) >= 11 is 2.24. The summed E-state index contributed by atoms with van der Waals surface area (Å²) in [6, 6.07) is 17.8. The SMILES string of the molecule is CC(C)C[C@@H](NC(=O)COc1ccc(I)cc1)c1ccccc1. The number of carbonyl (C=O) groups is 1. The van der Waals surface area contributed by atoms with Gasteiger partial charge in [0, 0.05) is 3.57 Å². The Balaban J connectivity index is 1.93. The Labute approximate surface area is 151 Å². The minimum absolute atomic E-state index is 0.0176. The van der Waals surface area contributed by atoms with Gasteiger partial charge in [0.2, 0.25) is 0 Å². The minimum Gasteiger partial charge on any atom is -0.484 e. The first kappa shape index (κ1) is 17.8. The Kier molecular flexibility index (Phi) is 6.89. The van der Waals surface area contributed by atoms with Crippen molar-refractivity contribution in [2.24, 2.45) is 5.92 Å². The van der Waals surface area contributed by atoms with E-state index in [4.69, 9.17) is 4.74 Å². The van der Waals surface area contributed by atoms with Crippen molar-refractivity contribution in [1.82, 2.24) is 5.32 Å². The zero-order chi connectivity index (χ0) is 16.7. The molecular formula is C19H22INO2. The maximum atomic E-state index is 12.2. The van der Waals surface area contributed by atoms with Crippen molar-refractivity contribution >= 4 is 28.5 Å². The highest BCUT2D eigenvalue weighted by atomic mass is 127. The van der Waals surface area contributed by atoms with Gasteiger partial charge < -0.3 is 10.1 Å². The van der Waals surface area contributed by atoms with Crippen LogP contribution in [0, 0.1) is 9.49 Å². The zero-order valence-electron chi connectivity index (χ0n) is 13.5. The molecule has 1 atom stereocenters. The highest BCUT2D eigenvalue weighted by Crippen LogP contribution is 2.21. The molecule has 2 aromatic rings. The number of amides is 1. The third-order valence-corrected chi connectivity index (χ3v) is 4.15. The molecule has 0 heterocycles. The summed E-state index contributed by atoms with van der Waals surface area (Å²) in [5, 5.41) is 3.08. The summed E-state index contributed by atoms with van der Waals surface area (Å²) in [6.07, 6.45) is 0.902. The molecule has 0 aromatic heterocycles. The average Bonchev–Trinajstić information content (AvgIpc) is 2.54. The second kappa shape index (κ2) is 8.91.